The second kappa shape index (κ2) is 12.8. The van der Waals surface area contributed by atoms with Gasteiger partial charge in [0.25, 0.3) is 5.91 Å². The molecule has 0 saturated heterocycles. The van der Waals surface area contributed by atoms with Gasteiger partial charge in [0.05, 0.1) is 35.4 Å². The van der Waals surface area contributed by atoms with E-state index in [1.165, 1.54) is 46.7 Å². The van der Waals surface area contributed by atoms with E-state index in [-0.39, 0.29) is 34.9 Å². The lowest BCUT2D eigenvalue weighted by molar-refractivity contribution is -0.136. The Morgan fingerprint density at radius 2 is 1.66 bits per heavy atom. The molecule has 3 aromatic carbocycles. The van der Waals surface area contributed by atoms with Crippen LogP contribution in [0.4, 0.5) is 5.69 Å². The lowest BCUT2D eigenvalue weighted by atomic mass is 10.1. The molecule has 4 aromatic rings. The van der Waals surface area contributed by atoms with Crippen molar-refractivity contribution in [3.63, 3.8) is 0 Å². The second-order valence-corrected chi connectivity index (χ2v) is 12.9. The molecule has 1 aliphatic rings. The van der Waals surface area contributed by atoms with Crippen molar-refractivity contribution in [2.24, 2.45) is 0 Å². The fourth-order valence-electron chi connectivity index (χ4n) is 4.85. The maximum absolute atomic E-state index is 13.7. The molecule has 8 nitrogen and oxygen atoms in total. The monoisotopic (exact) mass is 650 g/mol. The lowest BCUT2D eigenvalue weighted by Crippen LogP contribution is -2.30. The number of allylic oxidation sites excluding steroid dienone is 1. The fourth-order valence-corrected chi connectivity index (χ4v) is 6.55. The van der Waals surface area contributed by atoms with E-state index in [2.05, 4.69) is 0 Å². The number of benzene rings is 3. The molecular formula is C33H28Cl2N2O6S. The van der Waals surface area contributed by atoms with Gasteiger partial charge in [0, 0.05) is 22.3 Å². The van der Waals surface area contributed by atoms with E-state index in [0.717, 1.165) is 11.1 Å². The number of methoxy groups -OCH3 is 1. The first-order chi connectivity index (χ1) is 21.0. The van der Waals surface area contributed by atoms with Crippen LogP contribution in [0, 0.1) is 6.92 Å². The van der Waals surface area contributed by atoms with Crippen LogP contribution in [0.1, 0.15) is 29.6 Å². The van der Waals surface area contributed by atoms with Gasteiger partial charge in [-0.25, -0.2) is 13.2 Å². The van der Waals surface area contributed by atoms with E-state index in [1.54, 1.807) is 37.3 Å². The second-order valence-electron chi connectivity index (χ2n) is 10.1. The Kier molecular flexibility index (Phi) is 9.12. The zero-order chi connectivity index (χ0) is 31.6. The molecule has 0 atom stereocenters. The molecule has 0 aliphatic carbocycles. The molecule has 1 amide bonds. The van der Waals surface area contributed by atoms with E-state index in [0.29, 0.717) is 27.2 Å². The predicted molar refractivity (Wildman–Crippen MR) is 169 cm³/mol. The quantitative estimate of drug-likeness (QED) is 0.141. The van der Waals surface area contributed by atoms with Gasteiger partial charge in [-0.3, -0.25) is 9.69 Å². The molecule has 5 rings (SSSR count). The number of furan rings is 1. The van der Waals surface area contributed by atoms with Gasteiger partial charge in [-0.2, -0.15) is 4.31 Å². The van der Waals surface area contributed by atoms with Crippen molar-refractivity contribution < 1.29 is 27.2 Å². The summed E-state index contributed by atoms with van der Waals surface area (Å²) >= 11 is 12.3. The highest BCUT2D eigenvalue weighted by Crippen LogP contribution is 2.37. The number of hydrogen-bond donors (Lipinski definition) is 0. The Hall–Kier alpha value is -4.15. The molecule has 0 bridgehead atoms. The summed E-state index contributed by atoms with van der Waals surface area (Å²) in [5.41, 5.74) is 2.66. The van der Waals surface area contributed by atoms with E-state index in [9.17, 15) is 18.0 Å². The van der Waals surface area contributed by atoms with Crippen LogP contribution in [-0.4, -0.2) is 31.7 Å². The first-order valence-electron chi connectivity index (χ1n) is 13.5. The number of carbonyl (C=O) groups excluding carboxylic acids is 2. The van der Waals surface area contributed by atoms with Gasteiger partial charge in [0.1, 0.15) is 11.5 Å². The minimum Gasteiger partial charge on any atom is -0.465 e. The standard InChI is InChI=1S/C33H28Cl2N2O6S/c1-21-9-12-25(17-30(21)35)37-22(2)31(33(39)42-3)29(32(37)38)18-26-13-14-27(43-26)20-36(19-23-7-5-4-6-8-23)44(40,41)28-15-10-24(34)11-16-28/h4-18H,19-20H2,1-3H3/b29-18+. The van der Waals surface area contributed by atoms with Crippen molar-refractivity contribution in [1.82, 2.24) is 4.31 Å². The van der Waals surface area contributed by atoms with Crippen LogP contribution in [0.2, 0.25) is 10.0 Å². The third-order valence-electron chi connectivity index (χ3n) is 7.16. The van der Waals surface area contributed by atoms with Crippen LogP contribution in [0.15, 0.2) is 111 Å². The minimum atomic E-state index is -3.95. The number of aryl methyl sites for hydroxylation is 1. The zero-order valence-corrected chi connectivity index (χ0v) is 26.4. The smallest absolute Gasteiger partial charge is 0.340 e. The molecular weight excluding hydrogens is 623 g/mol. The van der Waals surface area contributed by atoms with E-state index in [1.807, 2.05) is 37.3 Å². The van der Waals surface area contributed by atoms with E-state index < -0.39 is 21.9 Å². The number of rotatable bonds is 9. The zero-order valence-electron chi connectivity index (χ0n) is 24.1. The fraction of sp³-hybridized carbons (Fsp3) is 0.152. The summed E-state index contributed by atoms with van der Waals surface area (Å²) in [6, 6.07) is 23.6. The topological polar surface area (TPSA) is 97.1 Å². The molecule has 226 valence electrons. The summed E-state index contributed by atoms with van der Waals surface area (Å²) in [5, 5.41) is 0.896. The van der Waals surface area contributed by atoms with Gasteiger partial charge in [0.15, 0.2) is 0 Å². The molecule has 0 saturated carbocycles. The average Bonchev–Trinajstić information content (AvgIpc) is 3.55. The number of hydrogen-bond acceptors (Lipinski definition) is 6. The summed E-state index contributed by atoms with van der Waals surface area (Å²) < 4.78 is 39.7. The highest BCUT2D eigenvalue weighted by atomic mass is 35.5. The van der Waals surface area contributed by atoms with Crippen molar-refractivity contribution in [3.8, 4) is 0 Å². The van der Waals surface area contributed by atoms with Gasteiger partial charge in [0.2, 0.25) is 10.0 Å². The number of ether oxygens (including phenoxy) is 1. The highest BCUT2D eigenvalue weighted by Gasteiger charge is 2.38. The first-order valence-corrected chi connectivity index (χ1v) is 15.7. The van der Waals surface area contributed by atoms with Gasteiger partial charge >= 0.3 is 5.97 Å². The molecule has 1 aromatic heterocycles. The van der Waals surface area contributed by atoms with Crippen molar-refractivity contribution in [2.75, 3.05) is 12.0 Å². The number of esters is 1. The number of nitrogens with zero attached hydrogens (tertiary/aromatic N) is 2. The molecule has 0 fully saturated rings. The summed E-state index contributed by atoms with van der Waals surface area (Å²) in [6.07, 6.45) is 1.45. The van der Waals surface area contributed by atoms with Crippen molar-refractivity contribution in [2.45, 2.75) is 31.8 Å². The van der Waals surface area contributed by atoms with E-state index in [4.69, 9.17) is 32.4 Å². The number of halogens is 2. The third-order valence-corrected chi connectivity index (χ3v) is 9.62. The van der Waals surface area contributed by atoms with Crippen LogP contribution >= 0.6 is 23.2 Å². The van der Waals surface area contributed by atoms with Crippen molar-refractivity contribution in [3.05, 3.63) is 134 Å². The molecule has 44 heavy (non-hydrogen) atoms. The Balaban J connectivity index is 1.48. The number of amides is 1. The molecule has 0 N–H and O–H groups in total. The molecule has 11 heteroatoms. The Labute approximate surface area is 265 Å². The van der Waals surface area contributed by atoms with Gasteiger partial charge in [-0.15, -0.1) is 0 Å². The number of carbonyl (C=O) groups is 2. The highest BCUT2D eigenvalue weighted by molar-refractivity contribution is 7.89. The Morgan fingerprint density at radius 3 is 2.32 bits per heavy atom. The van der Waals surface area contributed by atoms with E-state index >= 15 is 0 Å². The normalized spacial score (nSPS) is 14.6. The maximum Gasteiger partial charge on any atom is 0.340 e. The molecule has 0 unspecified atom stereocenters. The molecule has 0 radical (unpaired) electrons. The van der Waals surface area contributed by atoms with Crippen LogP contribution in [0.25, 0.3) is 6.08 Å². The van der Waals surface area contributed by atoms with Crippen LogP contribution in [-0.2, 0) is 37.4 Å². The van der Waals surface area contributed by atoms with Gasteiger partial charge in [-0.05, 0) is 79.6 Å². The summed E-state index contributed by atoms with van der Waals surface area (Å²) in [4.78, 5) is 28.0. The average molecular weight is 652 g/mol. The first kappa shape index (κ1) is 31.3. The minimum absolute atomic E-state index is 0.0712. The molecule has 1 aliphatic heterocycles. The Bertz CT molecular complexity index is 1900. The summed E-state index contributed by atoms with van der Waals surface area (Å²) in [6.45, 7) is 3.49. The van der Waals surface area contributed by atoms with Crippen molar-refractivity contribution in [1.29, 1.82) is 0 Å². The molecule has 2 heterocycles. The summed E-state index contributed by atoms with van der Waals surface area (Å²) in [7, 11) is -2.71. The number of anilines is 1. The summed E-state index contributed by atoms with van der Waals surface area (Å²) in [5.74, 6) is -0.558. The lowest BCUT2D eigenvalue weighted by Gasteiger charge is -2.21. The number of sulfonamides is 1. The Morgan fingerprint density at radius 1 is 0.955 bits per heavy atom. The maximum atomic E-state index is 13.7. The largest absolute Gasteiger partial charge is 0.465 e. The van der Waals surface area contributed by atoms with Crippen molar-refractivity contribution >= 4 is 56.9 Å². The van der Waals surface area contributed by atoms with Crippen LogP contribution in [0.5, 0.6) is 0 Å². The third kappa shape index (κ3) is 6.37. The SMILES string of the molecule is COC(=O)C1=C(C)N(c2ccc(C)c(Cl)c2)C(=O)/C1=C/c1ccc(CN(Cc2ccccc2)S(=O)(=O)c2ccc(Cl)cc2)o1. The molecule has 0 spiro atoms. The van der Waals surface area contributed by atoms with Gasteiger partial charge < -0.3 is 9.15 Å². The van der Waals surface area contributed by atoms with Gasteiger partial charge in [-0.1, -0.05) is 59.6 Å². The van der Waals surface area contributed by atoms with Crippen LogP contribution < -0.4 is 4.90 Å². The van der Waals surface area contributed by atoms with Crippen LogP contribution in [0.3, 0.4) is 0 Å². The predicted octanol–water partition coefficient (Wildman–Crippen LogP) is 7.16.